The summed E-state index contributed by atoms with van der Waals surface area (Å²) >= 11 is 6.31. The number of nitriles is 1. The van der Waals surface area contributed by atoms with Gasteiger partial charge in [-0.15, -0.1) is 0 Å². The van der Waals surface area contributed by atoms with Gasteiger partial charge in [-0.25, -0.2) is 9.97 Å². The number of carbonyl (C=O) groups excluding carboxylic acids is 4. The Bertz CT molecular complexity index is 2440. The smallest absolute Gasteiger partial charge is 0.262 e. The first-order valence-corrected chi connectivity index (χ1v) is 22.0. The summed E-state index contributed by atoms with van der Waals surface area (Å²) in [5.41, 5.74) is 3.52. The molecule has 0 radical (unpaired) electrons. The molecule has 4 saturated heterocycles. The Morgan fingerprint density at radius 1 is 0.919 bits per heavy atom. The first kappa shape index (κ1) is 41.5. The molecule has 0 aliphatic carbocycles. The number of anilines is 2. The van der Waals surface area contributed by atoms with Crippen molar-refractivity contribution >= 4 is 47.2 Å². The molecule has 62 heavy (non-hydrogen) atoms. The van der Waals surface area contributed by atoms with Crippen LogP contribution in [0.4, 0.5) is 11.6 Å². The second kappa shape index (κ2) is 16.5. The molecule has 14 heteroatoms. The largest absolute Gasteiger partial charge is 0.487 e. The Labute approximate surface area is 367 Å². The lowest BCUT2D eigenvalue weighted by Gasteiger charge is -2.50. The highest BCUT2D eigenvalue weighted by molar-refractivity contribution is 6.30. The monoisotopic (exact) mass is 854 g/mol. The van der Waals surface area contributed by atoms with Crippen LogP contribution in [0.15, 0.2) is 72.9 Å². The molecule has 1 unspecified atom stereocenters. The van der Waals surface area contributed by atoms with E-state index in [9.17, 15) is 24.4 Å². The first-order chi connectivity index (χ1) is 29.9. The summed E-state index contributed by atoms with van der Waals surface area (Å²) in [5, 5.41) is 12.6. The fraction of sp³-hybridized carbons (Fsp3) is 0.438. The zero-order chi connectivity index (χ0) is 43.2. The number of likely N-dealkylation sites (tertiary alicyclic amines) is 1. The van der Waals surface area contributed by atoms with Gasteiger partial charge in [0.15, 0.2) is 0 Å². The lowest BCUT2D eigenvalue weighted by atomic mass is 9.72. The zero-order valence-corrected chi connectivity index (χ0v) is 36.0. The van der Waals surface area contributed by atoms with Crippen LogP contribution in [0.3, 0.4) is 0 Å². The Hall–Kier alpha value is -5.84. The Morgan fingerprint density at radius 3 is 2.42 bits per heavy atom. The van der Waals surface area contributed by atoms with E-state index in [1.165, 1.54) is 12.8 Å². The van der Waals surface area contributed by atoms with E-state index >= 15 is 0 Å². The van der Waals surface area contributed by atoms with E-state index in [1.807, 2.05) is 42.6 Å². The number of benzene rings is 3. The molecule has 3 aromatic carbocycles. The number of imide groups is 1. The number of piperidine rings is 3. The molecule has 5 aliphatic heterocycles. The molecule has 1 spiro atoms. The molecule has 320 valence electrons. The summed E-state index contributed by atoms with van der Waals surface area (Å²) in [5.74, 6) is 0.852. The summed E-state index contributed by atoms with van der Waals surface area (Å²) in [4.78, 5) is 68.8. The van der Waals surface area contributed by atoms with Gasteiger partial charge in [-0.05, 0) is 110 Å². The van der Waals surface area contributed by atoms with Crippen molar-refractivity contribution in [3.8, 4) is 11.8 Å². The summed E-state index contributed by atoms with van der Waals surface area (Å²) in [6.07, 6.45) is 7.27. The lowest BCUT2D eigenvalue weighted by molar-refractivity contribution is -0.127. The number of nitrogens with zero attached hydrogens (tertiary/aromatic N) is 7. The van der Waals surface area contributed by atoms with Crippen molar-refractivity contribution in [3.63, 3.8) is 0 Å². The van der Waals surface area contributed by atoms with Crippen LogP contribution >= 0.6 is 11.6 Å². The van der Waals surface area contributed by atoms with Crippen LogP contribution in [-0.4, -0.2) is 102 Å². The molecule has 0 saturated carbocycles. The predicted molar refractivity (Wildman–Crippen MR) is 234 cm³/mol. The van der Waals surface area contributed by atoms with Crippen molar-refractivity contribution in [1.82, 2.24) is 25.1 Å². The van der Waals surface area contributed by atoms with Gasteiger partial charge >= 0.3 is 0 Å². The second-order valence-corrected chi connectivity index (χ2v) is 18.8. The van der Waals surface area contributed by atoms with E-state index in [-0.39, 0.29) is 36.1 Å². The molecule has 5 aliphatic rings. The van der Waals surface area contributed by atoms with Crippen LogP contribution in [0.2, 0.25) is 5.02 Å². The number of ether oxygens (including phenoxy) is 1. The molecule has 13 nitrogen and oxygen atoms in total. The number of hydrogen-bond donors (Lipinski definition) is 1. The van der Waals surface area contributed by atoms with Crippen molar-refractivity contribution < 1.29 is 23.9 Å². The molecule has 1 N–H and O–H groups in total. The molecule has 0 bridgehead atoms. The minimum absolute atomic E-state index is 0.0613. The van der Waals surface area contributed by atoms with E-state index in [0.29, 0.717) is 40.5 Å². The minimum Gasteiger partial charge on any atom is -0.487 e. The third-order valence-electron chi connectivity index (χ3n) is 14.0. The summed E-state index contributed by atoms with van der Waals surface area (Å²) in [6, 6.07) is 23.0. The van der Waals surface area contributed by atoms with E-state index in [2.05, 4.69) is 57.0 Å². The van der Waals surface area contributed by atoms with Gasteiger partial charge in [0.05, 0.1) is 28.5 Å². The Kier molecular flexibility index (Phi) is 11.0. The van der Waals surface area contributed by atoms with Crippen LogP contribution in [-0.2, 0) is 21.6 Å². The number of aromatic nitrogens is 2. The van der Waals surface area contributed by atoms with Crippen LogP contribution in [0, 0.1) is 22.7 Å². The van der Waals surface area contributed by atoms with Crippen molar-refractivity contribution in [1.29, 1.82) is 5.26 Å². The van der Waals surface area contributed by atoms with Gasteiger partial charge in [0.25, 0.3) is 11.8 Å². The fourth-order valence-electron chi connectivity index (χ4n) is 10.2. The predicted octanol–water partition coefficient (Wildman–Crippen LogP) is 6.17. The molecule has 6 heterocycles. The Morgan fingerprint density at radius 2 is 1.69 bits per heavy atom. The molecule has 3 amide bonds. The van der Waals surface area contributed by atoms with Crippen molar-refractivity contribution in [2.75, 3.05) is 62.2 Å². The van der Waals surface area contributed by atoms with Gasteiger partial charge in [0.1, 0.15) is 24.2 Å². The number of aldehydes is 1. The van der Waals surface area contributed by atoms with Gasteiger partial charge in [-0.2, -0.15) is 5.26 Å². The normalized spacial score (nSPS) is 21.6. The minimum atomic E-state index is -1.36. The van der Waals surface area contributed by atoms with Crippen LogP contribution in [0.1, 0.15) is 95.5 Å². The average molecular weight is 855 g/mol. The van der Waals surface area contributed by atoms with Crippen LogP contribution < -0.4 is 19.9 Å². The fourth-order valence-corrected chi connectivity index (χ4v) is 10.4. The topological polar surface area (TPSA) is 152 Å². The van der Waals surface area contributed by atoms with Crippen molar-refractivity contribution in [3.05, 3.63) is 111 Å². The van der Waals surface area contributed by atoms with Crippen molar-refractivity contribution in [2.24, 2.45) is 11.3 Å². The molecular formula is C48H51ClN8O5. The quantitative estimate of drug-likeness (QED) is 0.136. The van der Waals surface area contributed by atoms with E-state index in [4.69, 9.17) is 21.3 Å². The zero-order valence-electron chi connectivity index (χ0n) is 35.2. The third kappa shape index (κ3) is 7.90. The maximum absolute atomic E-state index is 13.6. The number of carbonyl (C=O) groups is 4. The van der Waals surface area contributed by atoms with Gasteiger partial charge in [-0.1, -0.05) is 37.6 Å². The number of hydrogen-bond acceptors (Lipinski definition) is 11. The standard InChI is InChI=1S/C48H51ClN8O5/c1-46(2,35-20-32(24-50)21-36(49)22-35)34-4-7-39(8-5-34)62-28-37-11-16-51-45(53-37)55-18-14-47(15-19-55)12-3-17-54(30-47)25-33-26-56(27-33)38-6-9-40-41(23-38)44(61)57(43(40)60)48(31-58)13-10-42(59)52-29-48/h4-9,11,16,20-23,31,33H,3,10,12-15,17-19,25-30H2,1-2H3,(H,52,59). The van der Waals surface area contributed by atoms with Crippen LogP contribution in [0.5, 0.6) is 5.75 Å². The molecule has 4 fully saturated rings. The highest BCUT2D eigenvalue weighted by Crippen LogP contribution is 2.42. The molecule has 1 aromatic heterocycles. The van der Waals surface area contributed by atoms with E-state index < -0.39 is 17.4 Å². The number of fused-ring (bicyclic) bond motifs is 1. The van der Waals surface area contributed by atoms with Crippen LogP contribution in [0.25, 0.3) is 0 Å². The van der Waals surface area contributed by atoms with Crippen molar-refractivity contribution in [2.45, 2.75) is 69.9 Å². The van der Waals surface area contributed by atoms with E-state index in [1.54, 1.807) is 18.2 Å². The molecule has 4 aromatic rings. The summed E-state index contributed by atoms with van der Waals surface area (Å²) in [7, 11) is 0. The highest BCUT2D eigenvalue weighted by atomic mass is 35.5. The van der Waals surface area contributed by atoms with Gasteiger partial charge in [0, 0.05) is 80.5 Å². The Balaban J connectivity index is 0.750. The maximum Gasteiger partial charge on any atom is 0.262 e. The third-order valence-corrected chi connectivity index (χ3v) is 14.2. The second-order valence-electron chi connectivity index (χ2n) is 18.4. The molecule has 1 atom stereocenters. The number of nitrogens with one attached hydrogen (secondary N) is 1. The number of amides is 3. The number of halogens is 1. The maximum atomic E-state index is 13.6. The summed E-state index contributed by atoms with van der Waals surface area (Å²) < 4.78 is 6.17. The highest BCUT2D eigenvalue weighted by Gasteiger charge is 2.51. The molecule has 9 rings (SSSR count). The van der Waals surface area contributed by atoms with E-state index in [0.717, 1.165) is 97.8 Å². The van der Waals surface area contributed by atoms with Gasteiger partial charge in [-0.3, -0.25) is 19.3 Å². The first-order valence-electron chi connectivity index (χ1n) is 21.6. The number of rotatable bonds is 11. The lowest BCUT2D eigenvalue weighted by Crippen LogP contribution is -2.61. The van der Waals surface area contributed by atoms with Gasteiger partial charge < -0.3 is 29.5 Å². The average Bonchev–Trinajstić information content (AvgIpc) is 3.53. The van der Waals surface area contributed by atoms with Gasteiger partial charge in [0.2, 0.25) is 11.9 Å². The molecular weight excluding hydrogens is 804 g/mol. The SMILES string of the molecule is CC(C)(c1ccc(OCc2ccnc(N3CCC4(CCCN(CC5CN(c6ccc7c(c6)C(=O)N(C6(C=O)CCC(=O)NC6)C7=O)C5)C4)CC3)n2)cc1)c1cc(Cl)cc(C#N)c1. The summed E-state index contributed by atoms with van der Waals surface area (Å²) in [6.45, 7) is 11.3.